The van der Waals surface area contributed by atoms with E-state index >= 15 is 0 Å². The van der Waals surface area contributed by atoms with Gasteiger partial charge < -0.3 is 5.73 Å². The fourth-order valence-electron chi connectivity index (χ4n) is 2.42. The Balaban J connectivity index is 2.32. The molecule has 0 aliphatic heterocycles. The Morgan fingerprint density at radius 3 is 2.80 bits per heavy atom. The van der Waals surface area contributed by atoms with E-state index in [1.165, 1.54) is 12.8 Å². The molecule has 2 nitrogen and oxygen atoms in total. The largest absolute Gasteiger partial charge is 0.327 e. The maximum atomic E-state index is 12.1. The fourth-order valence-corrected chi connectivity index (χ4v) is 4.25. The molecule has 3 heteroatoms. The topological polar surface area (TPSA) is 43.1 Å². The van der Waals surface area contributed by atoms with Gasteiger partial charge in [0.1, 0.15) is 0 Å². The molecule has 1 saturated carbocycles. The summed E-state index contributed by atoms with van der Waals surface area (Å²) in [5.41, 5.74) is 5.93. The van der Waals surface area contributed by atoms with Crippen LogP contribution < -0.4 is 5.73 Å². The molecular weight excluding hydrogens is 206 g/mol. The Hall–Kier alpha value is 0.110. The van der Waals surface area contributed by atoms with Crippen molar-refractivity contribution in [3.05, 3.63) is 0 Å². The molecule has 0 spiro atoms. The lowest BCUT2D eigenvalue weighted by Gasteiger charge is -2.26. The summed E-state index contributed by atoms with van der Waals surface area (Å²) in [7, 11) is -0.684. The molecular formula is C12H25NOS. The summed E-state index contributed by atoms with van der Waals surface area (Å²) in [6.45, 7) is 4.40. The molecule has 4 unspecified atom stereocenters. The third-order valence-corrected chi connectivity index (χ3v) is 5.23. The fraction of sp³-hybridized carbons (Fsp3) is 1.00. The third kappa shape index (κ3) is 4.64. The van der Waals surface area contributed by atoms with Gasteiger partial charge in [-0.2, -0.15) is 0 Å². The van der Waals surface area contributed by atoms with E-state index in [1.54, 1.807) is 0 Å². The van der Waals surface area contributed by atoms with Crippen LogP contribution in [0.5, 0.6) is 0 Å². The summed E-state index contributed by atoms with van der Waals surface area (Å²) >= 11 is 0. The SMILES string of the molecule is CCCC(N)CS(=O)C1CCCC(C)C1. The Bertz CT molecular complexity index is 208. The van der Waals surface area contributed by atoms with Gasteiger partial charge in [0.2, 0.25) is 0 Å². The summed E-state index contributed by atoms with van der Waals surface area (Å²) in [6, 6.07) is 0.146. The van der Waals surface area contributed by atoms with Crippen LogP contribution in [0.4, 0.5) is 0 Å². The highest BCUT2D eigenvalue weighted by molar-refractivity contribution is 7.85. The number of rotatable bonds is 5. The van der Waals surface area contributed by atoms with Crippen LogP contribution in [0, 0.1) is 5.92 Å². The lowest BCUT2D eigenvalue weighted by Crippen LogP contribution is -2.33. The summed E-state index contributed by atoms with van der Waals surface area (Å²) in [5, 5.41) is 0.427. The number of hydrogen-bond acceptors (Lipinski definition) is 2. The molecule has 0 saturated heterocycles. The predicted octanol–water partition coefficient (Wildman–Crippen LogP) is 2.44. The number of hydrogen-bond donors (Lipinski definition) is 1. The van der Waals surface area contributed by atoms with E-state index in [2.05, 4.69) is 13.8 Å². The first-order valence-corrected chi connectivity index (χ1v) is 7.64. The lowest BCUT2D eigenvalue weighted by molar-refractivity contribution is 0.389. The minimum atomic E-state index is -0.684. The second-order valence-corrected chi connectivity index (χ2v) is 6.75. The van der Waals surface area contributed by atoms with Crippen molar-refractivity contribution in [2.24, 2.45) is 11.7 Å². The van der Waals surface area contributed by atoms with Crippen LogP contribution in [-0.2, 0) is 10.8 Å². The summed E-state index contributed by atoms with van der Waals surface area (Å²) in [4.78, 5) is 0. The van der Waals surface area contributed by atoms with Crippen molar-refractivity contribution in [1.29, 1.82) is 0 Å². The van der Waals surface area contributed by atoms with Crippen LogP contribution in [0.2, 0.25) is 0 Å². The summed E-state index contributed by atoms with van der Waals surface area (Å²) < 4.78 is 12.1. The Labute approximate surface area is 96.5 Å². The van der Waals surface area contributed by atoms with Crippen LogP contribution in [-0.4, -0.2) is 21.3 Å². The molecule has 1 fully saturated rings. The molecule has 1 rings (SSSR count). The molecule has 2 N–H and O–H groups in total. The smallest absolute Gasteiger partial charge is 0.0389 e. The highest BCUT2D eigenvalue weighted by Crippen LogP contribution is 2.27. The van der Waals surface area contributed by atoms with Crippen LogP contribution in [0.1, 0.15) is 52.4 Å². The van der Waals surface area contributed by atoms with Crippen LogP contribution in [0.25, 0.3) is 0 Å². The predicted molar refractivity (Wildman–Crippen MR) is 67.3 cm³/mol. The van der Waals surface area contributed by atoms with E-state index in [9.17, 15) is 4.21 Å². The average molecular weight is 231 g/mol. The quantitative estimate of drug-likeness (QED) is 0.790. The van der Waals surface area contributed by atoms with Crippen molar-refractivity contribution in [2.75, 3.05) is 5.75 Å². The monoisotopic (exact) mass is 231 g/mol. The van der Waals surface area contributed by atoms with Gasteiger partial charge in [0.25, 0.3) is 0 Å². The van der Waals surface area contributed by atoms with Gasteiger partial charge in [0.15, 0.2) is 0 Å². The first-order chi connectivity index (χ1) is 7.13. The highest BCUT2D eigenvalue weighted by atomic mass is 32.2. The average Bonchev–Trinajstić information content (AvgIpc) is 2.18. The van der Waals surface area contributed by atoms with Gasteiger partial charge in [0, 0.05) is 27.8 Å². The molecule has 1 aliphatic carbocycles. The van der Waals surface area contributed by atoms with Gasteiger partial charge >= 0.3 is 0 Å². The second-order valence-electron chi connectivity index (χ2n) is 4.99. The lowest BCUT2D eigenvalue weighted by atomic mass is 9.91. The van der Waals surface area contributed by atoms with Gasteiger partial charge in [-0.05, 0) is 25.2 Å². The molecule has 0 aromatic rings. The highest BCUT2D eigenvalue weighted by Gasteiger charge is 2.24. The summed E-state index contributed by atoms with van der Waals surface area (Å²) in [6.07, 6.45) is 6.96. The molecule has 0 heterocycles. The molecule has 1 aliphatic rings. The minimum Gasteiger partial charge on any atom is -0.327 e. The van der Waals surface area contributed by atoms with Crippen molar-refractivity contribution in [3.63, 3.8) is 0 Å². The second kappa shape index (κ2) is 6.64. The van der Waals surface area contributed by atoms with Gasteiger partial charge in [-0.25, -0.2) is 0 Å². The first-order valence-electron chi connectivity index (χ1n) is 6.26. The normalized spacial score (nSPS) is 31.1. The maximum absolute atomic E-state index is 12.1. The van der Waals surface area contributed by atoms with Gasteiger partial charge in [-0.1, -0.05) is 33.1 Å². The first kappa shape index (κ1) is 13.2. The van der Waals surface area contributed by atoms with Crippen molar-refractivity contribution >= 4 is 10.8 Å². The molecule has 0 radical (unpaired) electrons. The van der Waals surface area contributed by atoms with E-state index in [0.717, 1.165) is 31.6 Å². The van der Waals surface area contributed by atoms with E-state index in [-0.39, 0.29) is 6.04 Å². The number of nitrogens with two attached hydrogens (primary N) is 1. The standard InChI is InChI=1S/C12H25NOS/c1-3-5-11(13)9-15(14)12-7-4-6-10(2)8-12/h10-12H,3-9,13H2,1-2H3. The van der Waals surface area contributed by atoms with Crippen molar-refractivity contribution < 1.29 is 4.21 Å². The van der Waals surface area contributed by atoms with E-state index in [0.29, 0.717) is 11.0 Å². The van der Waals surface area contributed by atoms with Crippen molar-refractivity contribution in [2.45, 2.75) is 63.7 Å². The van der Waals surface area contributed by atoms with E-state index in [4.69, 9.17) is 5.73 Å². The Kier molecular flexibility index (Phi) is 5.83. The molecule has 15 heavy (non-hydrogen) atoms. The van der Waals surface area contributed by atoms with E-state index in [1.807, 2.05) is 0 Å². The molecule has 0 amide bonds. The summed E-state index contributed by atoms with van der Waals surface area (Å²) in [5.74, 6) is 1.47. The zero-order valence-corrected chi connectivity index (χ0v) is 10.9. The molecule has 0 aromatic heterocycles. The van der Waals surface area contributed by atoms with E-state index < -0.39 is 10.8 Å². The van der Waals surface area contributed by atoms with Gasteiger partial charge in [-0.15, -0.1) is 0 Å². The third-order valence-electron chi connectivity index (χ3n) is 3.30. The molecule has 0 aromatic carbocycles. The van der Waals surface area contributed by atoms with Crippen LogP contribution in [0.15, 0.2) is 0 Å². The maximum Gasteiger partial charge on any atom is 0.0389 e. The van der Waals surface area contributed by atoms with Crippen molar-refractivity contribution in [1.82, 2.24) is 0 Å². The zero-order chi connectivity index (χ0) is 11.3. The van der Waals surface area contributed by atoms with Crippen LogP contribution >= 0.6 is 0 Å². The molecule has 4 atom stereocenters. The Morgan fingerprint density at radius 2 is 2.20 bits per heavy atom. The van der Waals surface area contributed by atoms with Crippen LogP contribution in [0.3, 0.4) is 0 Å². The Morgan fingerprint density at radius 1 is 1.47 bits per heavy atom. The zero-order valence-electron chi connectivity index (χ0n) is 10.1. The van der Waals surface area contributed by atoms with Gasteiger partial charge in [0.05, 0.1) is 0 Å². The van der Waals surface area contributed by atoms with Crippen molar-refractivity contribution in [3.8, 4) is 0 Å². The minimum absolute atomic E-state index is 0.146. The molecule has 90 valence electrons. The molecule has 0 bridgehead atoms. The van der Waals surface area contributed by atoms with Gasteiger partial charge in [-0.3, -0.25) is 4.21 Å².